The van der Waals surface area contributed by atoms with Crippen LogP contribution in [0.4, 0.5) is 29.9 Å². The van der Waals surface area contributed by atoms with E-state index in [4.69, 9.17) is 4.74 Å². The number of amides is 1. The van der Waals surface area contributed by atoms with Crippen molar-refractivity contribution in [1.29, 1.82) is 0 Å². The molecular formula is C31H31F3N8O2S. The molecule has 1 aliphatic carbocycles. The maximum atomic E-state index is 14.1. The molecule has 7 rings (SSSR count). The second kappa shape index (κ2) is 11.9. The lowest BCUT2D eigenvalue weighted by molar-refractivity contribution is -0.138. The molecule has 2 fully saturated rings. The number of imidazole rings is 1. The first kappa shape index (κ1) is 29.4. The van der Waals surface area contributed by atoms with Crippen molar-refractivity contribution in [3.05, 3.63) is 59.7 Å². The zero-order valence-corrected chi connectivity index (χ0v) is 25.3. The number of alkyl halides is 3. The average Bonchev–Trinajstić information content (AvgIpc) is 3.68. The number of nitrogens with zero attached hydrogens (tertiary/aromatic N) is 5. The number of fused-ring (bicyclic) bond motifs is 2. The predicted molar refractivity (Wildman–Crippen MR) is 167 cm³/mol. The Balaban J connectivity index is 1.04. The molecule has 2 aromatic carbocycles. The first-order valence-corrected chi connectivity index (χ1v) is 15.7. The van der Waals surface area contributed by atoms with E-state index < -0.39 is 11.7 Å². The van der Waals surface area contributed by atoms with Crippen LogP contribution in [0.2, 0.25) is 0 Å². The van der Waals surface area contributed by atoms with E-state index in [1.54, 1.807) is 42.5 Å². The quantitative estimate of drug-likeness (QED) is 0.166. The van der Waals surface area contributed by atoms with Gasteiger partial charge in [0.25, 0.3) is 0 Å². The number of carbonyl (C=O) groups is 1. The van der Waals surface area contributed by atoms with Crippen LogP contribution in [-0.2, 0) is 17.5 Å². The van der Waals surface area contributed by atoms with Crippen LogP contribution in [0.15, 0.2) is 48.5 Å². The second-order valence-corrected chi connectivity index (χ2v) is 12.3. The topological polar surface area (TPSA) is 111 Å². The van der Waals surface area contributed by atoms with Crippen LogP contribution in [-0.4, -0.2) is 68.4 Å². The van der Waals surface area contributed by atoms with Gasteiger partial charge in [-0.1, -0.05) is 24.3 Å². The molecule has 45 heavy (non-hydrogen) atoms. The van der Waals surface area contributed by atoms with E-state index in [1.165, 1.54) is 11.3 Å². The van der Waals surface area contributed by atoms with Gasteiger partial charge in [-0.15, -0.1) is 0 Å². The van der Waals surface area contributed by atoms with Crippen molar-refractivity contribution in [2.24, 2.45) is 5.92 Å². The SMILES string of the molecule is CCN1CCN(Cc2ccc(Nc3nc4ccc(Oc5ccc6nc(NC(=O)C7CC7)sc6n5)cc4[nH]3)cc2C(F)(F)F)CC1. The highest BCUT2D eigenvalue weighted by Crippen LogP contribution is 2.36. The Labute approximate surface area is 260 Å². The van der Waals surface area contributed by atoms with Crippen LogP contribution in [0, 0.1) is 5.92 Å². The summed E-state index contributed by atoms with van der Waals surface area (Å²) in [5.41, 5.74) is 1.80. The van der Waals surface area contributed by atoms with E-state index in [1.807, 2.05) is 0 Å². The number of nitrogens with one attached hydrogen (secondary N) is 3. The minimum absolute atomic E-state index is 0.0124. The second-order valence-electron chi connectivity index (χ2n) is 11.3. The standard InChI is InChI=1S/C31H31F3N8O2S/c1-2-41-11-13-42(14-12-41)17-19-5-6-20(15-22(19)31(32,33)34)35-29-36-23-8-7-21(16-25(23)37-29)44-26-10-9-24-28(39-26)45-30(38-24)40-27(43)18-3-4-18/h5-10,15-16,18H,2-4,11-14,17H2,1H3,(H2,35,36,37)(H,38,40,43). The van der Waals surface area contributed by atoms with Crippen molar-refractivity contribution in [2.75, 3.05) is 43.4 Å². The molecule has 10 nitrogen and oxygen atoms in total. The molecule has 1 aliphatic heterocycles. The summed E-state index contributed by atoms with van der Waals surface area (Å²) in [7, 11) is 0. The minimum atomic E-state index is -4.49. The largest absolute Gasteiger partial charge is 0.439 e. The van der Waals surface area contributed by atoms with Gasteiger partial charge in [0.1, 0.15) is 16.1 Å². The Morgan fingerprint density at radius 3 is 2.53 bits per heavy atom. The number of aromatic amines is 1. The van der Waals surface area contributed by atoms with Gasteiger partial charge < -0.3 is 25.3 Å². The molecule has 234 valence electrons. The van der Waals surface area contributed by atoms with Crippen LogP contribution in [0.3, 0.4) is 0 Å². The van der Waals surface area contributed by atoms with Gasteiger partial charge in [-0.2, -0.15) is 13.2 Å². The maximum absolute atomic E-state index is 14.1. The fraction of sp³-hybridized carbons (Fsp3) is 0.355. The van der Waals surface area contributed by atoms with Crippen molar-refractivity contribution in [3.8, 4) is 11.6 Å². The van der Waals surface area contributed by atoms with Gasteiger partial charge in [-0.25, -0.2) is 15.0 Å². The number of ether oxygens (including phenoxy) is 1. The number of H-pyrrole nitrogens is 1. The summed E-state index contributed by atoms with van der Waals surface area (Å²) in [6.45, 7) is 6.49. The number of halogens is 3. The number of pyridine rings is 1. The number of hydrogen-bond donors (Lipinski definition) is 3. The summed E-state index contributed by atoms with van der Waals surface area (Å²) in [6, 6.07) is 13.1. The maximum Gasteiger partial charge on any atom is 0.416 e. The highest BCUT2D eigenvalue weighted by molar-refractivity contribution is 7.21. The number of anilines is 3. The number of rotatable bonds is 9. The smallest absolute Gasteiger partial charge is 0.416 e. The summed E-state index contributed by atoms with van der Waals surface area (Å²) in [4.78, 5) is 33.6. The number of piperazine rings is 1. The van der Waals surface area contributed by atoms with Gasteiger partial charge >= 0.3 is 6.18 Å². The molecule has 0 unspecified atom stereocenters. The number of hydrogen-bond acceptors (Lipinski definition) is 9. The monoisotopic (exact) mass is 636 g/mol. The highest BCUT2D eigenvalue weighted by Gasteiger charge is 2.34. The molecule has 3 N–H and O–H groups in total. The van der Waals surface area contributed by atoms with Crippen LogP contribution >= 0.6 is 11.3 Å². The van der Waals surface area contributed by atoms with E-state index in [0.29, 0.717) is 44.1 Å². The lowest BCUT2D eigenvalue weighted by Gasteiger charge is -2.34. The van der Waals surface area contributed by atoms with Crippen molar-refractivity contribution in [3.63, 3.8) is 0 Å². The lowest BCUT2D eigenvalue weighted by Crippen LogP contribution is -2.45. The molecule has 2 aliphatic rings. The Hall–Kier alpha value is -4.27. The van der Waals surface area contributed by atoms with E-state index in [0.717, 1.165) is 51.6 Å². The molecule has 1 saturated carbocycles. The summed E-state index contributed by atoms with van der Waals surface area (Å²) < 4.78 is 48.2. The van der Waals surface area contributed by atoms with Gasteiger partial charge in [0, 0.05) is 56.5 Å². The van der Waals surface area contributed by atoms with Gasteiger partial charge in [0.2, 0.25) is 17.7 Å². The van der Waals surface area contributed by atoms with E-state index in [-0.39, 0.29) is 29.6 Å². The fourth-order valence-corrected chi connectivity index (χ4v) is 6.23. The van der Waals surface area contributed by atoms with E-state index >= 15 is 0 Å². The van der Waals surface area contributed by atoms with Crippen molar-refractivity contribution in [2.45, 2.75) is 32.5 Å². The van der Waals surface area contributed by atoms with E-state index in [9.17, 15) is 18.0 Å². The van der Waals surface area contributed by atoms with Crippen molar-refractivity contribution < 1.29 is 22.7 Å². The first-order valence-electron chi connectivity index (χ1n) is 14.9. The van der Waals surface area contributed by atoms with Gasteiger partial charge in [0.15, 0.2) is 5.13 Å². The third-order valence-electron chi connectivity index (χ3n) is 8.07. The Bertz CT molecular complexity index is 1860. The average molecular weight is 637 g/mol. The van der Waals surface area contributed by atoms with Crippen LogP contribution in [0.5, 0.6) is 11.6 Å². The Morgan fingerprint density at radius 2 is 1.78 bits per heavy atom. The van der Waals surface area contributed by atoms with Gasteiger partial charge in [-0.3, -0.25) is 9.69 Å². The fourth-order valence-electron chi connectivity index (χ4n) is 5.39. The molecule has 0 radical (unpaired) electrons. The Kier molecular flexibility index (Phi) is 7.79. The molecule has 4 heterocycles. The van der Waals surface area contributed by atoms with Crippen LogP contribution in [0.25, 0.3) is 21.4 Å². The molecule has 3 aromatic heterocycles. The van der Waals surface area contributed by atoms with Crippen LogP contribution in [0.1, 0.15) is 30.9 Å². The molecule has 0 spiro atoms. The van der Waals surface area contributed by atoms with Crippen molar-refractivity contribution >= 4 is 55.4 Å². The number of likely N-dealkylation sites (N-methyl/N-ethyl adjacent to an activating group) is 1. The summed E-state index contributed by atoms with van der Waals surface area (Å²) in [6.07, 6.45) is -2.66. The van der Waals surface area contributed by atoms with Gasteiger partial charge in [-0.05, 0) is 55.3 Å². The zero-order valence-electron chi connectivity index (χ0n) is 24.4. The number of benzene rings is 2. The zero-order chi connectivity index (χ0) is 31.1. The minimum Gasteiger partial charge on any atom is -0.439 e. The number of carbonyl (C=O) groups excluding carboxylic acids is 1. The summed E-state index contributed by atoms with van der Waals surface area (Å²) in [5, 5.41) is 6.34. The highest BCUT2D eigenvalue weighted by atomic mass is 32.1. The molecular weight excluding hydrogens is 605 g/mol. The third kappa shape index (κ3) is 6.72. The van der Waals surface area contributed by atoms with Gasteiger partial charge in [0.05, 0.1) is 16.6 Å². The third-order valence-corrected chi connectivity index (χ3v) is 8.95. The molecule has 0 bridgehead atoms. The number of thiazole rings is 1. The van der Waals surface area contributed by atoms with Crippen molar-refractivity contribution in [1.82, 2.24) is 29.7 Å². The normalized spacial score (nSPS) is 16.4. The molecule has 1 saturated heterocycles. The van der Waals surface area contributed by atoms with Crippen LogP contribution < -0.4 is 15.4 Å². The predicted octanol–water partition coefficient (Wildman–Crippen LogP) is 6.61. The first-order chi connectivity index (χ1) is 21.7. The summed E-state index contributed by atoms with van der Waals surface area (Å²) >= 11 is 1.28. The molecule has 5 aromatic rings. The summed E-state index contributed by atoms with van der Waals surface area (Å²) in [5.74, 6) is 1.23. The number of aromatic nitrogens is 4. The Morgan fingerprint density at radius 1 is 1.00 bits per heavy atom. The van der Waals surface area contributed by atoms with E-state index in [2.05, 4.69) is 47.3 Å². The molecule has 1 amide bonds. The lowest BCUT2D eigenvalue weighted by atomic mass is 10.0. The molecule has 0 atom stereocenters. The molecule has 14 heteroatoms.